The Labute approximate surface area is 112 Å². The highest BCUT2D eigenvalue weighted by molar-refractivity contribution is 7.89. The Hall–Kier alpha value is -1.60. The molecular weight excluding hydrogens is 266 g/mol. The van der Waals surface area contributed by atoms with Crippen molar-refractivity contribution in [2.24, 2.45) is 0 Å². The molecule has 1 heterocycles. The predicted molar refractivity (Wildman–Crippen MR) is 72.0 cm³/mol. The minimum Gasteiger partial charge on any atom is -0.398 e. The molecule has 1 aromatic carbocycles. The number of nitrogens with two attached hydrogens (primary N) is 1. The summed E-state index contributed by atoms with van der Waals surface area (Å²) in [6, 6.07) is 4.62. The Morgan fingerprint density at radius 3 is 2.53 bits per heavy atom. The number of piperazine rings is 1. The molecule has 1 saturated heterocycles. The lowest BCUT2D eigenvalue weighted by molar-refractivity contribution is -0.132. The van der Waals surface area contributed by atoms with Gasteiger partial charge in [-0.1, -0.05) is 6.07 Å². The molecule has 0 unspecified atom stereocenters. The molecule has 2 rings (SSSR count). The summed E-state index contributed by atoms with van der Waals surface area (Å²) in [6.07, 6.45) is 0. The summed E-state index contributed by atoms with van der Waals surface area (Å²) in [7, 11) is -1.99. The molecule has 2 N–H and O–H groups in total. The van der Waals surface area contributed by atoms with Crippen LogP contribution in [0.4, 0.5) is 5.69 Å². The van der Waals surface area contributed by atoms with E-state index in [1.807, 2.05) is 6.92 Å². The van der Waals surface area contributed by atoms with Gasteiger partial charge in [0, 0.05) is 25.8 Å². The molecule has 0 spiro atoms. The van der Waals surface area contributed by atoms with E-state index in [1.165, 1.54) is 21.3 Å². The van der Waals surface area contributed by atoms with E-state index in [0.717, 1.165) is 5.56 Å². The zero-order valence-corrected chi connectivity index (χ0v) is 11.8. The van der Waals surface area contributed by atoms with Crippen LogP contribution in [-0.4, -0.2) is 50.2 Å². The molecule has 0 saturated carbocycles. The molecule has 0 bridgehead atoms. The van der Waals surface area contributed by atoms with Gasteiger partial charge < -0.3 is 10.6 Å². The molecule has 0 aromatic heterocycles. The first-order chi connectivity index (χ1) is 8.82. The van der Waals surface area contributed by atoms with Crippen molar-refractivity contribution < 1.29 is 13.2 Å². The van der Waals surface area contributed by atoms with Gasteiger partial charge in [-0.05, 0) is 24.6 Å². The third-order valence-corrected chi connectivity index (χ3v) is 5.15. The topological polar surface area (TPSA) is 83.7 Å². The molecule has 19 heavy (non-hydrogen) atoms. The Balaban J connectivity index is 2.32. The number of rotatable bonds is 2. The maximum atomic E-state index is 12.4. The molecule has 1 amide bonds. The summed E-state index contributed by atoms with van der Waals surface area (Å²) in [4.78, 5) is 13.3. The predicted octanol–water partition coefficient (Wildman–Crippen LogP) is 0.0399. The first kappa shape index (κ1) is 13.8. The maximum absolute atomic E-state index is 12.4. The quantitative estimate of drug-likeness (QED) is 0.777. The zero-order valence-electron chi connectivity index (χ0n) is 11.0. The Kier molecular flexibility index (Phi) is 3.51. The molecule has 1 aromatic rings. The standard InChI is InChI=1S/C12H17N3O3S/c1-9-3-4-10(7-11(9)13)19(17,18)15-6-5-14(2)12(16)8-15/h3-4,7H,5-6,8,13H2,1-2H3. The van der Waals surface area contributed by atoms with E-state index in [1.54, 1.807) is 13.1 Å². The Morgan fingerprint density at radius 2 is 1.95 bits per heavy atom. The number of hydrogen-bond acceptors (Lipinski definition) is 4. The number of hydrogen-bond donors (Lipinski definition) is 1. The fraction of sp³-hybridized carbons (Fsp3) is 0.417. The molecule has 1 aliphatic heterocycles. The minimum absolute atomic E-state index is 0.118. The minimum atomic E-state index is -3.65. The van der Waals surface area contributed by atoms with Crippen molar-refractivity contribution in [3.05, 3.63) is 23.8 Å². The number of aryl methyl sites for hydroxylation is 1. The van der Waals surface area contributed by atoms with E-state index in [0.29, 0.717) is 18.8 Å². The SMILES string of the molecule is Cc1ccc(S(=O)(=O)N2CCN(C)C(=O)C2)cc1N. The van der Waals surface area contributed by atoms with Gasteiger partial charge in [-0.25, -0.2) is 8.42 Å². The fourth-order valence-corrected chi connectivity index (χ4v) is 3.29. The molecule has 0 radical (unpaired) electrons. The van der Waals surface area contributed by atoms with E-state index in [9.17, 15) is 13.2 Å². The Bertz CT molecular complexity index is 613. The van der Waals surface area contributed by atoms with Gasteiger partial charge in [0.25, 0.3) is 0 Å². The second-order valence-corrected chi connectivity index (χ2v) is 6.61. The number of benzene rings is 1. The van der Waals surface area contributed by atoms with E-state index in [4.69, 9.17) is 5.73 Å². The van der Waals surface area contributed by atoms with Crippen LogP contribution in [-0.2, 0) is 14.8 Å². The van der Waals surface area contributed by atoms with Crippen LogP contribution >= 0.6 is 0 Å². The van der Waals surface area contributed by atoms with Crippen molar-refractivity contribution in [1.82, 2.24) is 9.21 Å². The lowest BCUT2D eigenvalue weighted by atomic mass is 10.2. The molecule has 1 fully saturated rings. The van der Waals surface area contributed by atoms with Gasteiger partial charge in [0.1, 0.15) is 0 Å². The van der Waals surface area contributed by atoms with Crippen molar-refractivity contribution in [3.8, 4) is 0 Å². The molecule has 0 atom stereocenters. The zero-order chi connectivity index (χ0) is 14.2. The van der Waals surface area contributed by atoms with Crippen LogP contribution in [0.5, 0.6) is 0 Å². The molecule has 0 aliphatic carbocycles. The van der Waals surface area contributed by atoms with Gasteiger partial charge in [-0.2, -0.15) is 4.31 Å². The summed E-state index contributed by atoms with van der Waals surface area (Å²) in [5, 5.41) is 0. The first-order valence-corrected chi connectivity index (χ1v) is 7.36. The van der Waals surface area contributed by atoms with Crippen molar-refractivity contribution in [1.29, 1.82) is 0 Å². The van der Waals surface area contributed by atoms with Crippen LogP contribution in [0.25, 0.3) is 0 Å². The van der Waals surface area contributed by atoms with Crippen LogP contribution in [0.2, 0.25) is 0 Å². The fourth-order valence-electron chi connectivity index (χ4n) is 1.87. The molecule has 1 aliphatic rings. The van der Waals surface area contributed by atoms with Crippen molar-refractivity contribution in [2.45, 2.75) is 11.8 Å². The van der Waals surface area contributed by atoms with Crippen LogP contribution < -0.4 is 5.73 Å². The molecule has 6 nitrogen and oxygen atoms in total. The molecule has 7 heteroatoms. The molecular formula is C12H17N3O3S. The van der Waals surface area contributed by atoms with Gasteiger partial charge in [0.15, 0.2) is 0 Å². The summed E-state index contributed by atoms with van der Waals surface area (Å²) < 4.78 is 26.0. The number of amides is 1. The van der Waals surface area contributed by atoms with Crippen LogP contribution in [0.3, 0.4) is 0 Å². The number of nitrogens with zero attached hydrogens (tertiary/aromatic N) is 2. The van der Waals surface area contributed by atoms with Crippen molar-refractivity contribution in [3.63, 3.8) is 0 Å². The monoisotopic (exact) mass is 283 g/mol. The average molecular weight is 283 g/mol. The van der Waals surface area contributed by atoms with Crippen LogP contribution in [0, 0.1) is 6.92 Å². The van der Waals surface area contributed by atoms with E-state index >= 15 is 0 Å². The average Bonchev–Trinajstić information content (AvgIpc) is 2.35. The third kappa shape index (κ3) is 2.57. The number of nitrogen functional groups attached to an aromatic ring is 1. The van der Waals surface area contributed by atoms with Gasteiger partial charge in [0.2, 0.25) is 15.9 Å². The highest BCUT2D eigenvalue weighted by Gasteiger charge is 2.31. The second kappa shape index (κ2) is 4.82. The number of anilines is 1. The van der Waals surface area contributed by atoms with E-state index in [-0.39, 0.29) is 17.3 Å². The van der Waals surface area contributed by atoms with Gasteiger partial charge in [-0.15, -0.1) is 0 Å². The normalized spacial score (nSPS) is 17.8. The third-order valence-electron chi connectivity index (χ3n) is 3.31. The van der Waals surface area contributed by atoms with Gasteiger partial charge in [-0.3, -0.25) is 4.79 Å². The smallest absolute Gasteiger partial charge is 0.243 e. The van der Waals surface area contributed by atoms with Gasteiger partial charge in [0.05, 0.1) is 11.4 Å². The lowest BCUT2D eigenvalue weighted by Gasteiger charge is -2.31. The number of carbonyl (C=O) groups excluding carboxylic acids is 1. The first-order valence-electron chi connectivity index (χ1n) is 5.92. The van der Waals surface area contributed by atoms with E-state index < -0.39 is 10.0 Å². The van der Waals surface area contributed by atoms with E-state index in [2.05, 4.69) is 0 Å². The summed E-state index contributed by atoms with van der Waals surface area (Å²) >= 11 is 0. The van der Waals surface area contributed by atoms with Gasteiger partial charge >= 0.3 is 0 Å². The van der Waals surface area contributed by atoms with Crippen molar-refractivity contribution in [2.75, 3.05) is 32.4 Å². The van der Waals surface area contributed by atoms with Crippen LogP contribution in [0.1, 0.15) is 5.56 Å². The summed E-state index contributed by atoms with van der Waals surface area (Å²) in [5.74, 6) is -0.199. The number of likely N-dealkylation sites (N-methyl/N-ethyl adjacent to an activating group) is 1. The molecule has 104 valence electrons. The summed E-state index contributed by atoms with van der Waals surface area (Å²) in [5.41, 5.74) is 7.00. The van der Waals surface area contributed by atoms with Crippen LogP contribution in [0.15, 0.2) is 23.1 Å². The number of sulfonamides is 1. The Morgan fingerprint density at radius 1 is 1.26 bits per heavy atom. The number of carbonyl (C=O) groups is 1. The highest BCUT2D eigenvalue weighted by atomic mass is 32.2. The maximum Gasteiger partial charge on any atom is 0.243 e. The van der Waals surface area contributed by atoms with Crippen molar-refractivity contribution >= 4 is 21.6 Å². The largest absolute Gasteiger partial charge is 0.398 e. The summed E-state index contributed by atoms with van der Waals surface area (Å²) in [6.45, 7) is 2.40. The second-order valence-electron chi connectivity index (χ2n) is 4.67. The highest BCUT2D eigenvalue weighted by Crippen LogP contribution is 2.21. The lowest BCUT2D eigenvalue weighted by Crippen LogP contribution is -2.50.